The molecule has 0 aromatic heterocycles. The van der Waals surface area contributed by atoms with Gasteiger partial charge in [-0.25, -0.2) is 8.78 Å². The number of hydrogen-bond acceptors (Lipinski definition) is 1. The molecule has 3 heteroatoms. The molecule has 1 aromatic carbocycles. The molecule has 0 fully saturated rings. The summed E-state index contributed by atoms with van der Waals surface area (Å²) < 4.78 is 28.5. The third kappa shape index (κ3) is 2.77. The van der Waals surface area contributed by atoms with E-state index in [9.17, 15) is 8.78 Å². The van der Waals surface area contributed by atoms with Crippen molar-refractivity contribution in [3.63, 3.8) is 0 Å². The molecular weight excluding hydrogens is 292 g/mol. The third-order valence-electron chi connectivity index (χ3n) is 5.41. The monoisotopic (exact) mass is 317 g/mol. The minimum absolute atomic E-state index is 0.398. The summed E-state index contributed by atoms with van der Waals surface area (Å²) in [6.07, 6.45) is 9.00. The Hall–Kier alpha value is -1.77. The lowest BCUT2D eigenvalue weighted by atomic mass is 9.61. The Kier molecular flexibility index (Phi) is 4.88. The molecule has 1 nitrogen and oxygen atoms in total. The Balaban J connectivity index is 2.79. The highest BCUT2D eigenvalue weighted by atomic mass is 19.1. The molecule has 0 spiro atoms. The number of halogens is 2. The zero-order chi connectivity index (χ0) is 17.3. The molecular formula is C20H25F2N. The number of benzene rings is 1. The number of fused-ring (bicyclic) bond motifs is 1. The summed E-state index contributed by atoms with van der Waals surface area (Å²) >= 11 is 0. The van der Waals surface area contributed by atoms with Gasteiger partial charge in [-0.15, -0.1) is 0 Å². The minimum Gasteiger partial charge on any atom is -0.277 e. The molecule has 2 rings (SSSR count). The average molecular weight is 317 g/mol. The molecule has 0 bridgehead atoms. The van der Waals surface area contributed by atoms with E-state index in [2.05, 4.69) is 27.7 Å². The molecule has 1 aliphatic rings. The Morgan fingerprint density at radius 2 is 1.78 bits per heavy atom. The van der Waals surface area contributed by atoms with Crippen molar-refractivity contribution in [3.05, 3.63) is 59.2 Å². The third-order valence-corrected chi connectivity index (χ3v) is 5.41. The first kappa shape index (κ1) is 17.6. The average Bonchev–Trinajstić information content (AvgIpc) is 2.51. The largest absolute Gasteiger partial charge is 0.277 e. The lowest BCUT2D eigenvalue weighted by Crippen LogP contribution is -2.49. The van der Waals surface area contributed by atoms with Gasteiger partial charge in [0.2, 0.25) is 0 Å². The highest BCUT2D eigenvalue weighted by molar-refractivity contribution is 6.11. The predicted octanol–water partition coefficient (Wildman–Crippen LogP) is 5.74. The fourth-order valence-corrected chi connectivity index (χ4v) is 3.42. The van der Waals surface area contributed by atoms with E-state index in [0.29, 0.717) is 11.3 Å². The number of hydrogen-bond donors (Lipinski definition) is 0. The van der Waals surface area contributed by atoms with E-state index in [1.54, 1.807) is 0 Å². The van der Waals surface area contributed by atoms with Crippen LogP contribution < -0.4 is 0 Å². The van der Waals surface area contributed by atoms with Gasteiger partial charge in [0.15, 0.2) is 0 Å². The summed E-state index contributed by atoms with van der Waals surface area (Å²) in [6, 6.07) is 2.43. The molecule has 0 saturated carbocycles. The van der Waals surface area contributed by atoms with E-state index in [1.165, 1.54) is 6.07 Å². The maximum absolute atomic E-state index is 14.6. The predicted molar refractivity (Wildman–Crippen MR) is 93.2 cm³/mol. The molecule has 124 valence electrons. The molecule has 0 saturated heterocycles. The smallest absolute Gasteiger partial charge is 0.135 e. The topological polar surface area (TPSA) is 12.4 Å². The number of rotatable bonds is 4. The van der Waals surface area contributed by atoms with Crippen molar-refractivity contribution in [2.45, 2.75) is 58.4 Å². The van der Waals surface area contributed by atoms with Gasteiger partial charge in [-0.05, 0) is 44.4 Å². The van der Waals surface area contributed by atoms with Crippen molar-refractivity contribution in [3.8, 4) is 0 Å². The van der Waals surface area contributed by atoms with E-state index in [-0.39, 0.29) is 0 Å². The second-order valence-electron chi connectivity index (χ2n) is 6.51. The summed E-state index contributed by atoms with van der Waals surface area (Å²) in [5.41, 5.74) is 0.938. The van der Waals surface area contributed by atoms with Gasteiger partial charge in [0.1, 0.15) is 11.6 Å². The Labute approximate surface area is 137 Å². The second-order valence-corrected chi connectivity index (χ2v) is 6.51. The SMILES string of the molecule is CC=CC=CC1=NC(C)(CC)C(C)(CC)c2cc(F)cc(F)c21. The van der Waals surface area contributed by atoms with E-state index in [4.69, 9.17) is 4.99 Å². The van der Waals surface area contributed by atoms with Crippen LogP contribution in [-0.2, 0) is 5.41 Å². The first-order valence-electron chi connectivity index (χ1n) is 8.22. The Morgan fingerprint density at radius 3 is 2.35 bits per heavy atom. The molecule has 2 atom stereocenters. The summed E-state index contributed by atoms with van der Waals surface area (Å²) in [6.45, 7) is 10.2. The lowest BCUT2D eigenvalue weighted by molar-refractivity contribution is 0.236. The molecule has 1 aliphatic heterocycles. The Bertz CT molecular complexity index is 687. The maximum atomic E-state index is 14.6. The van der Waals surface area contributed by atoms with Crippen LogP contribution in [0.4, 0.5) is 8.78 Å². The van der Waals surface area contributed by atoms with Gasteiger partial charge < -0.3 is 0 Å². The summed E-state index contributed by atoms with van der Waals surface area (Å²) in [4.78, 5) is 4.89. The van der Waals surface area contributed by atoms with Gasteiger partial charge in [-0.1, -0.05) is 39.0 Å². The normalized spacial score (nSPS) is 27.5. The molecule has 1 heterocycles. The highest BCUT2D eigenvalue weighted by Gasteiger charge is 2.48. The van der Waals surface area contributed by atoms with Crippen molar-refractivity contribution < 1.29 is 8.78 Å². The van der Waals surface area contributed by atoms with Crippen molar-refractivity contribution in [2.24, 2.45) is 4.99 Å². The van der Waals surface area contributed by atoms with Crippen LogP contribution >= 0.6 is 0 Å². The van der Waals surface area contributed by atoms with Gasteiger partial charge in [-0.2, -0.15) is 0 Å². The molecule has 2 unspecified atom stereocenters. The van der Waals surface area contributed by atoms with Gasteiger partial charge >= 0.3 is 0 Å². The van der Waals surface area contributed by atoms with Crippen molar-refractivity contribution >= 4 is 5.71 Å². The Morgan fingerprint density at radius 1 is 1.09 bits per heavy atom. The van der Waals surface area contributed by atoms with E-state index in [1.807, 2.05) is 31.2 Å². The van der Waals surface area contributed by atoms with Gasteiger partial charge in [-0.3, -0.25) is 4.99 Å². The van der Waals surface area contributed by atoms with E-state index < -0.39 is 22.6 Å². The summed E-state index contributed by atoms with van der Waals surface area (Å²) in [5.74, 6) is -1.07. The van der Waals surface area contributed by atoms with Crippen LogP contribution in [0.25, 0.3) is 0 Å². The molecule has 0 aliphatic carbocycles. The van der Waals surface area contributed by atoms with Crippen LogP contribution in [0.3, 0.4) is 0 Å². The second kappa shape index (κ2) is 6.38. The fourth-order valence-electron chi connectivity index (χ4n) is 3.42. The molecule has 0 amide bonds. The van der Waals surface area contributed by atoms with Crippen molar-refractivity contribution in [1.82, 2.24) is 0 Å². The molecule has 0 N–H and O–H groups in total. The van der Waals surface area contributed by atoms with Crippen LogP contribution in [0.1, 0.15) is 58.6 Å². The first-order valence-corrected chi connectivity index (χ1v) is 8.22. The summed E-state index contributed by atoms with van der Waals surface area (Å²) in [5, 5.41) is 0. The summed E-state index contributed by atoms with van der Waals surface area (Å²) in [7, 11) is 0. The van der Waals surface area contributed by atoms with Gasteiger partial charge in [0, 0.05) is 17.0 Å². The minimum atomic E-state index is -0.540. The van der Waals surface area contributed by atoms with E-state index in [0.717, 1.165) is 24.5 Å². The fraction of sp³-hybridized carbons (Fsp3) is 0.450. The van der Waals surface area contributed by atoms with Crippen molar-refractivity contribution in [1.29, 1.82) is 0 Å². The number of aliphatic imine (C=N–C) groups is 1. The number of nitrogens with zero attached hydrogens (tertiary/aromatic N) is 1. The number of allylic oxidation sites excluding steroid dienone is 4. The van der Waals surface area contributed by atoms with Crippen LogP contribution in [-0.4, -0.2) is 11.3 Å². The highest BCUT2D eigenvalue weighted by Crippen LogP contribution is 2.48. The van der Waals surface area contributed by atoms with Gasteiger partial charge in [0.25, 0.3) is 0 Å². The van der Waals surface area contributed by atoms with Crippen LogP contribution in [0, 0.1) is 11.6 Å². The van der Waals surface area contributed by atoms with Crippen molar-refractivity contribution in [2.75, 3.05) is 0 Å². The lowest BCUT2D eigenvalue weighted by Gasteiger charge is -2.48. The first-order chi connectivity index (χ1) is 10.8. The zero-order valence-electron chi connectivity index (χ0n) is 14.6. The van der Waals surface area contributed by atoms with E-state index >= 15 is 0 Å². The van der Waals surface area contributed by atoms with Gasteiger partial charge in [0.05, 0.1) is 11.3 Å². The zero-order valence-corrected chi connectivity index (χ0v) is 14.6. The molecule has 23 heavy (non-hydrogen) atoms. The van der Waals surface area contributed by atoms with Crippen LogP contribution in [0.5, 0.6) is 0 Å². The maximum Gasteiger partial charge on any atom is 0.135 e. The molecule has 0 radical (unpaired) electrons. The quantitative estimate of drug-likeness (QED) is 0.628. The van der Waals surface area contributed by atoms with Crippen LogP contribution in [0.2, 0.25) is 0 Å². The molecule has 1 aromatic rings. The standard InChI is InChI=1S/C20H25F2N/c1-6-9-10-11-17-18-15(12-14(21)13-16(18)22)19(4,7-2)20(5,8-3)23-17/h6,9-13H,7-8H2,1-5H3. The van der Waals surface area contributed by atoms with Crippen LogP contribution in [0.15, 0.2) is 41.4 Å².